The second-order valence-corrected chi connectivity index (χ2v) is 12.0. The monoisotopic (exact) mass is 560 g/mol. The minimum absolute atomic E-state index is 0. The van der Waals surface area contributed by atoms with Crippen LogP contribution in [-0.2, 0) is 20.2 Å². The van der Waals surface area contributed by atoms with E-state index >= 15 is 0 Å². The summed E-state index contributed by atoms with van der Waals surface area (Å²) in [6.45, 7) is 0. The Morgan fingerprint density at radius 3 is 0.545 bits per heavy atom. The molecule has 0 heterocycles. The summed E-state index contributed by atoms with van der Waals surface area (Å²) in [6, 6.07) is 0. The van der Waals surface area contributed by atoms with Crippen molar-refractivity contribution in [1.29, 1.82) is 0 Å². The van der Waals surface area contributed by atoms with E-state index in [9.17, 15) is 25.9 Å². The molecule has 0 radical (unpaired) electrons. The van der Waals surface area contributed by atoms with Crippen LogP contribution in [0.2, 0.25) is 0 Å². The Labute approximate surface area is 290 Å². The Hall–Kier alpha value is 3.09. The summed E-state index contributed by atoms with van der Waals surface area (Å²) in [7, 11) is -8.05. The predicted octanol–water partition coefficient (Wildman–Crippen LogP) is 0.277. The topological polar surface area (TPSA) is 114 Å². The number of hydrogen-bond donors (Lipinski definition) is 0. The normalized spacial score (nSPS) is 11.7. The van der Waals surface area contributed by atoms with Crippen LogP contribution in [0.1, 0.15) is 135 Å². The molecule has 10 heteroatoms. The van der Waals surface area contributed by atoms with Crippen LogP contribution >= 0.6 is 0 Å². The van der Waals surface area contributed by atoms with E-state index in [0.717, 1.165) is 38.5 Å². The Kier molecular flexibility index (Phi) is 34.6. The molecule has 0 aliphatic rings. The van der Waals surface area contributed by atoms with Gasteiger partial charge >= 0.3 is 103 Å². The van der Waals surface area contributed by atoms with Crippen LogP contribution in [-0.4, -0.2) is 37.4 Å². The molecule has 0 aliphatic heterocycles. The zero-order valence-corrected chi connectivity index (χ0v) is 29.4. The molecule has 0 N–H and O–H groups in total. The molecule has 0 aromatic rings. The molecule has 0 saturated heterocycles. The van der Waals surface area contributed by atoms with Crippen molar-refractivity contribution >= 4 is 20.2 Å². The predicted molar refractivity (Wildman–Crippen MR) is 126 cm³/mol. The average molecular weight is 561 g/mol. The van der Waals surface area contributed by atoms with Crippen molar-refractivity contribution in [2.45, 2.75) is 135 Å². The largest absolute Gasteiger partial charge is 1.00 e. The van der Waals surface area contributed by atoms with Gasteiger partial charge in [0, 0.05) is 11.5 Å². The summed E-state index contributed by atoms with van der Waals surface area (Å²) in [5.41, 5.74) is 0. The van der Waals surface area contributed by atoms with Gasteiger partial charge in [-0.25, -0.2) is 16.8 Å². The van der Waals surface area contributed by atoms with Gasteiger partial charge < -0.3 is 9.11 Å². The van der Waals surface area contributed by atoms with E-state index in [-0.39, 0.29) is 114 Å². The van der Waals surface area contributed by atoms with E-state index in [2.05, 4.69) is 0 Å². The minimum Gasteiger partial charge on any atom is -0.748 e. The molecule has 0 bridgehead atoms. The van der Waals surface area contributed by atoms with Crippen LogP contribution in [0.5, 0.6) is 0 Å². The van der Waals surface area contributed by atoms with Crippen molar-refractivity contribution in [3.05, 3.63) is 0 Å². The van der Waals surface area contributed by atoms with Crippen LogP contribution in [0, 0.1) is 0 Å². The Morgan fingerprint density at radius 2 is 0.424 bits per heavy atom. The van der Waals surface area contributed by atoms with Crippen molar-refractivity contribution in [3.63, 3.8) is 0 Å². The van der Waals surface area contributed by atoms with Crippen molar-refractivity contribution < 1.29 is 129 Å². The third-order valence-corrected chi connectivity index (χ3v) is 7.37. The van der Waals surface area contributed by atoms with Gasteiger partial charge in [0.25, 0.3) is 0 Å². The van der Waals surface area contributed by atoms with E-state index in [1.54, 1.807) is 0 Å². The molecular weight excluding hydrogens is 515 g/mol. The second-order valence-electron chi connectivity index (χ2n) is 8.95. The van der Waals surface area contributed by atoms with E-state index in [4.69, 9.17) is 0 Å². The van der Waals surface area contributed by atoms with E-state index in [0.29, 0.717) is 12.8 Å². The van der Waals surface area contributed by atoms with Crippen molar-refractivity contribution in [2.75, 3.05) is 11.5 Å². The molecular formula is C23H46K2O6S2. The maximum atomic E-state index is 10.5. The van der Waals surface area contributed by atoms with Gasteiger partial charge in [0.2, 0.25) is 0 Å². The molecule has 0 unspecified atom stereocenters. The van der Waals surface area contributed by atoms with Crippen molar-refractivity contribution in [1.82, 2.24) is 0 Å². The first-order valence-electron chi connectivity index (χ1n) is 12.6. The van der Waals surface area contributed by atoms with E-state index < -0.39 is 20.2 Å². The zero-order valence-electron chi connectivity index (χ0n) is 21.5. The Bertz CT molecular complexity index is 546. The number of hydrogen-bond acceptors (Lipinski definition) is 6. The van der Waals surface area contributed by atoms with Crippen molar-refractivity contribution in [3.8, 4) is 0 Å². The molecule has 0 fully saturated rings. The van der Waals surface area contributed by atoms with Crippen molar-refractivity contribution in [2.24, 2.45) is 0 Å². The molecule has 0 atom stereocenters. The zero-order chi connectivity index (χ0) is 23.3. The SMILES string of the molecule is O=S(=O)([O-])CCCCCCCCCCCCCCCCCCCCCCCS(=O)(=O)[O-].[K+].[K+]. The fourth-order valence-electron chi connectivity index (χ4n) is 3.92. The fraction of sp³-hybridized carbons (Fsp3) is 1.00. The molecule has 0 aromatic carbocycles. The van der Waals surface area contributed by atoms with Gasteiger partial charge in [-0.05, 0) is 12.8 Å². The van der Waals surface area contributed by atoms with Gasteiger partial charge in [0.15, 0.2) is 0 Å². The first kappa shape index (κ1) is 40.6. The number of unbranched alkanes of at least 4 members (excludes halogenated alkanes) is 20. The van der Waals surface area contributed by atoms with E-state index in [1.165, 1.54) is 83.5 Å². The maximum Gasteiger partial charge on any atom is 1.00 e. The summed E-state index contributed by atoms with van der Waals surface area (Å²) in [5.74, 6) is -0.426. The molecule has 33 heavy (non-hydrogen) atoms. The summed E-state index contributed by atoms with van der Waals surface area (Å²) in [5, 5.41) is 0. The first-order chi connectivity index (χ1) is 14.7. The first-order valence-corrected chi connectivity index (χ1v) is 15.7. The van der Waals surface area contributed by atoms with Crippen LogP contribution < -0.4 is 103 Å². The number of rotatable bonds is 24. The molecule has 0 aromatic heterocycles. The average Bonchev–Trinajstić information content (AvgIpc) is 2.67. The van der Waals surface area contributed by atoms with Gasteiger partial charge in [0.05, 0.1) is 20.2 Å². The molecule has 0 rings (SSSR count). The van der Waals surface area contributed by atoms with Gasteiger partial charge in [0.1, 0.15) is 0 Å². The molecule has 0 aliphatic carbocycles. The van der Waals surface area contributed by atoms with Crippen LogP contribution in [0.25, 0.3) is 0 Å². The standard InChI is InChI=1S/C23H48O6S2.2K/c24-30(25,26)22-20-18-16-14-12-10-8-6-4-2-1-3-5-7-9-11-13-15-17-19-21-23-31(27,28)29;;/h1-23H2,(H,24,25,26)(H,27,28,29);;/q;2*+1/p-2. The van der Waals surface area contributed by atoms with Gasteiger partial charge in [-0.15, -0.1) is 0 Å². The van der Waals surface area contributed by atoms with Crippen LogP contribution in [0.15, 0.2) is 0 Å². The minimum atomic E-state index is -4.03. The van der Waals surface area contributed by atoms with Crippen LogP contribution in [0.3, 0.4) is 0 Å². The van der Waals surface area contributed by atoms with Gasteiger partial charge in [-0.2, -0.15) is 0 Å². The molecule has 0 amide bonds. The smallest absolute Gasteiger partial charge is 0.748 e. The summed E-state index contributed by atoms with van der Waals surface area (Å²) in [6.07, 6.45) is 23.9. The summed E-state index contributed by atoms with van der Waals surface area (Å²) in [4.78, 5) is 0. The van der Waals surface area contributed by atoms with E-state index in [1.807, 2.05) is 0 Å². The molecule has 188 valence electrons. The molecule has 6 nitrogen and oxygen atoms in total. The van der Waals surface area contributed by atoms with Gasteiger partial charge in [-0.3, -0.25) is 0 Å². The second kappa shape index (κ2) is 28.1. The summed E-state index contributed by atoms with van der Waals surface area (Å²) >= 11 is 0. The molecule has 0 spiro atoms. The Balaban J connectivity index is -0.00000450. The molecule has 0 saturated carbocycles. The van der Waals surface area contributed by atoms with Gasteiger partial charge in [-0.1, -0.05) is 122 Å². The van der Waals surface area contributed by atoms with Crippen LogP contribution in [0.4, 0.5) is 0 Å². The quantitative estimate of drug-likeness (QED) is 0.0951. The Morgan fingerprint density at radius 1 is 0.303 bits per heavy atom. The maximum absolute atomic E-state index is 10.5. The fourth-order valence-corrected chi connectivity index (χ4v) is 5.03. The third-order valence-electron chi connectivity index (χ3n) is 5.79. The summed E-state index contributed by atoms with van der Waals surface area (Å²) < 4.78 is 62.9. The third kappa shape index (κ3) is 39.8.